The Hall–Kier alpha value is -3.36. The third-order valence-electron chi connectivity index (χ3n) is 5.73. The molecule has 4 amide bonds. The van der Waals surface area contributed by atoms with E-state index in [1.165, 1.54) is 32.7 Å². The van der Waals surface area contributed by atoms with Crippen LogP contribution in [0.15, 0.2) is 77.2 Å². The van der Waals surface area contributed by atoms with Crippen LogP contribution in [-0.4, -0.2) is 23.6 Å². The number of nitrogens with zero attached hydrogens (tertiary/aromatic N) is 2. The fourth-order valence-corrected chi connectivity index (χ4v) is 6.78. The van der Waals surface area contributed by atoms with E-state index >= 15 is 0 Å². The van der Waals surface area contributed by atoms with E-state index in [9.17, 15) is 19.2 Å². The fourth-order valence-electron chi connectivity index (χ4n) is 4.13. The highest BCUT2D eigenvalue weighted by atomic mass is 33.1. The van der Waals surface area contributed by atoms with Crippen LogP contribution in [0.25, 0.3) is 5.57 Å². The van der Waals surface area contributed by atoms with Crippen molar-refractivity contribution in [2.45, 2.75) is 19.1 Å². The highest BCUT2D eigenvalue weighted by Gasteiger charge is 2.37. The highest BCUT2D eigenvalue weighted by Crippen LogP contribution is 2.57. The zero-order chi connectivity index (χ0) is 23.3. The van der Waals surface area contributed by atoms with Crippen LogP contribution in [-0.2, 0) is 19.2 Å². The Morgan fingerprint density at radius 1 is 0.727 bits per heavy atom. The van der Waals surface area contributed by atoms with Gasteiger partial charge in [-0.3, -0.25) is 19.2 Å². The molecule has 0 saturated carbocycles. The van der Waals surface area contributed by atoms with Crippen LogP contribution in [0.3, 0.4) is 0 Å². The zero-order valence-corrected chi connectivity index (χ0v) is 19.4. The van der Waals surface area contributed by atoms with Gasteiger partial charge in [0.05, 0.1) is 16.6 Å². The molecule has 6 nitrogen and oxygen atoms in total. The molecule has 2 aromatic rings. The van der Waals surface area contributed by atoms with Crippen molar-refractivity contribution in [1.29, 1.82) is 0 Å². The summed E-state index contributed by atoms with van der Waals surface area (Å²) in [5, 5.41) is 1.78. The lowest BCUT2D eigenvalue weighted by molar-refractivity contribution is -0.121. The molecule has 5 rings (SSSR count). The van der Waals surface area contributed by atoms with Crippen LogP contribution >= 0.6 is 21.6 Å². The minimum atomic E-state index is -0.365. The number of amides is 4. The van der Waals surface area contributed by atoms with E-state index in [2.05, 4.69) is 0 Å². The number of para-hydroxylation sites is 2. The lowest BCUT2D eigenvalue weighted by atomic mass is 9.95. The van der Waals surface area contributed by atoms with E-state index < -0.39 is 0 Å². The summed E-state index contributed by atoms with van der Waals surface area (Å²) < 4.78 is 0. The first-order valence-electron chi connectivity index (χ1n) is 10.2. The van der Waals surface area contributed by atoms with Crippen LogP contribution in [0.5, 0.6) is 0 Å². The maximum absolute atomic E-state index is 12.7. The van der Waals surface area contributed by atoms with Gasteiger partial charge in [-0.05, 0) is 42.5 Å². The first kappa shape index (κ1) is 21.5. The van der Waals surface area contributed by atoms with Gasteiger partial charge < -0.3 is 0 Å². The average Bonchev–Trinajstić information content (AvgIpc) is 3.45. The lowest BCUT2D eigenvalue weighted by Crippen LogP contribution is -2.32. The summed E-state index contributed by atoms with van der Waals surface area (Å²) in [4.78, 5) is 52.9. The van der Waals surface area contributed by atoms with Gasteiger partial charge in [-0.1, -0.05) is 58.0 Å². The molecule has 0 radical (unpaired) electrons. The molecular formula is C25H18N2O4S2. The molecule has 3 aliphatic heterocycles. The van der Waals surface area contributed by atoms with Crippen LogP contribution < -0.4 is 9.80 Å². The molecule has 0 fully saturated rings. The van der Waals surface area contributed by atoms with Crippen LogP contribution in [0, 0.1) is 0 Å². The van der Waals surface area contributed by atoms with Gasteiger partial charge in [0.25, 0.3) is 23.6 Å². The number of rotatable bonds is 4. The predicted molar refractivity (Wildman–Crippen MR) is 131 cm³/mol. The Morgan fingerprint density at radius 3 is 1.88 bits per heavy atom. The zero-order valence-electron chi connectivity index (χ0n) is 17.8. The third kappa shape index (κ3) is 3.46. The number of benzene rings is 2. The van der Waals surface area contributed by atoms with E-state index in [-0.39, 0.29) is 28.9 Å². The van der Waals surface area contributed by atoms with E-state index in [0.717, 1.165) is 16.7 Å². The van der Waals surface area contributed by atoms with E-state index in [0.29, 0.717) is 22.5 Å². The maximum atomic E-state index is 12.7. The monoisotopic (exact) mass is 474 g/mol. The predicted octanol–water partition coefficient (Wildman–Crippen LogP) is 4.80. The summed E-state index contributed by atoms with van der Waals surface area (Å²) in [5.41, 5.74) is 4.33. The topological polar surface area (TPSA) is 74.8 Å². The first-order chi connectivity index (χ1) is 15.9. The Bertz CT molecular complexity index is 1340. The van der Waals surface area contributed by atoms with Crippen molar-refractivity contribution >= 4 is 62.2 Å². The first-order valence-corrected chi connectivity index (χ1v) is 12.5. The molecule has 3 heterocycles. The van der Waals surface area contributed by atoms with Gasteiger partial charge >= 0.3 is 0 Å². The number of hydrogen-bond donors (Lipinski definition) is 0. The lowest BCUT2D eigenvalue weighted by Gasteiger charge is -2.25. The fraction of sp³-hybridized carbons (Fsp3) is 0.120. The SMILES string of the molecule is CC1=CC(=O)N(c2ccccc2C2=CSSC2c2ccccc2N2C(=O)C=C(C)C2=O)C1=O. The molecule has 0 bridgehead atoms. The minimum absolute atomic E-state index is 0.212. The molecule has 164 valence electrons. The summed E-state index contributed by atoms with van der Waals surface area (Å²) in [6.45, 7) is 3.26. The van der Waals surface area contributed by atoms with Gasteiger partial charge in [0.2, 0.25) is 0 Å². The van der Waals surface area contributed by atoms with E-state index in [4.69, 9.17) is 0 Å². The maximum Gasteiger partial charge on any atom is 0.261 e. The normalized spacial score (nSPS) is 20.5. The molecule has 0 N–H and O–H groups in total. The second kappa shape index (κ2) is 8.20. The molecule has 1 unspecified atom stereocenters. The smallest absolute Gasteiger partial charge is 0.261 e. The Balaban J connectivity index is 1.58. The molecule has 0 aliphatic carbocycles. The molecular weight excluding hydrogens is 456 g/mol. The number of carbonyl (C=O) groups excluding carboxylic acids is 4. The highest BCUT2D eigenvalue weighted by molar-refractivity contribution is 8.78. The summed E-state index contributed by atoms with van der Waals surface area (Å²) in [6, 6.07) is 14.6. The number of hydrogen-bond acceptors (Lipinski definition) is 6. The number of imide groups is 2. The van der Waals surface area contributed by atoms with Crippen molar-refractivity contribution in [3.8, 4) is 0 Å². The van der Waals surface area contributed by atoms with Gasteiger partial charge in [0.1, 0.15) is 0 Å². The third-order valence-corrected chi connectivity index (χ3v) is 8.09. The van der Waals surface area contributed by atoms with Crippen LogP contribution in [0.4, 0.5) is 11.4 Å². The van der Waals surface area contributed by atoms with Crippen molar-refractivity contribution in [2.24, 2.45) is 0 Å². The molecule has 0 saturated heterocycles. The molecule has 0 spiro atoms. The molecule has 1 atom stereocenters. The van der Waals surface area contributed by atoms with Crippen LogP contribution in [0.1, 0.15) is 30.2 Å². The van der Waals surface area contributed by atoms with Gasteiger partial charge in [0, 0.05) is 28.9 Å². The van der Waals surface area contributed by atoms with Crippen molar-refractivity contribution in [1.82, 2.24) is 0 Å². The largest absolute Gasteiger partial charge is 0.269 e. The molecule has 3 aliphatic rings. The Labute approximate surface area is 198 Å². The summed E-state index contributed by atoms with van der Waals surface area (Å²) in [7, 11) is 3.12. The Morgan fingerprint density at radius 2 is 1.27 bits per heavy atom. The van der Waals surface area contributed by atoms with Gasteiger partial charge in [-0.15, -0.1) is 0 Å². The number of anilines is 2. The second-order valence-corrected chi connectivity index (χ2v) is 10.1. The Kier molecular flexibility index (Phi) is 5.34. The van der Waals surface area contributed by atoms with Crippen molar-refractivity contribution < 1.29 is 19.2 Å². The van der Waals surface area contributed by atoms with Crippen molar-refractivity contribution in [2.75, 3.05) is 9.80 Å². The van der Waals surface area contributed by atoms with Gasteiger partial charge in [-0.2, -0.15) is 0 Å². The molecule has 33 heavy (non-hydrogen) atoms. The van der Waals surface area contributed by atoms with Crippen molar-refractivity contribution in [3.63, 3.8) is 0 Å². The van der Waals surface area contributed by atoms with Gasteiger partial charge in [-0.25, -0.2) is 9.80 Å². The molecule has 2 aromatic carbocycles. The molecule has 0 aromatic heterocycles. The standard InChI is InChI=1S/C25H18N2O4S2/c1-14-11-21(28)26(24(14)30)19-9-5-3-7-16(19)18-13-32-33-23(18)17-8-4-6-10-20(17)27-22(29)12-15(2)25(27)31/h3-13,23H,1-2H3. The summed E-state index contributed by atoms with van der Waals surface area (Å²) in [5.74, 6) is -1.39. The van der Waals surface area contributed by atoms with E-state index in [1.807, 2.05) is 29.7 Å². The molecule has 8 heteroatoms. The quantitative estimate of drug-likeness (QED) is 0.468. The van der Waals surface area contributed by atoms with Gasteiger partial charge in [0.15, 0.2) is 0 Å². The van der Waals surface area contributed by atoms with E-state index in [1.54, 1.807) is 48.9 Å². The average molecular weight is 475 g/mol. The number of carbonyl (C=O) groups is 4. The minimum Gasteiger partial charge on any atom is -0.269 e. The van der Waals surface area contributed by atoms with Crippen molar-refractivity contribution in [3.05, 3.63) is 88.4 Å². The summed E-state index contributed by atoms with van der Waals surface area (Å²) >= 11 is 0. The summed E-state index contributed by atoms with van der Waals surface area (Å²) in [6.07, 6.45) is 2.69. The second-order valence-electron chi connectivity index (χ2n) is 7.83. The van der Waals surface area contributed by atoms with Crippen LogP contribution in [0.2, 0.25) is 0 Å².